The van der Waals surface area contributed by atoms with Gasteiger partial charge in [0.15, 0.2) is 0 Å². The Bertz CT molecular complexity index is 1920. The molecule has 0 aliphatic heterocycles. The predicted octanol–water partition coefficient (Wildman–Crippen LogP) is 5.65. The van der Waals surface area contributed by atoms with Gasteiger partial charge in [-0.1, -0.05) is 50.2 Å². The van der Waals surface area contributed by atoms with Gasteiger partial charge in [0.2, 0.25) is 0 Å². The maximum atomic E-state index is 13.5. The fourth-order valence-corrected chi connectivity index (χ4v) is 4.81. The van der Waals surface area contributed by atoms with Gasteiger partial charge in [0.05, 0.1) is 20.3 Å². The summed E-state index contributed by atoms with van der Waals surface area (Å²) >= 11 is 0. The predicted molar refractivity (Wildman–Crippen MR) is 174 cm³/mol. The number of ether oxygens (including phenoxy) is 4. The number of hydrogen-bond acceptors (Lipinski definition) is 10. The molecule has 13 nitrogen and oxygen atoms in total. The third-order valence-corrected chi connectivity index (χ3v) is 6.97. The molecule has 0 aliphatic carbocycles. The van der Waals surface area contributed by atoms with Gasteiger partial charge in [-0.25, -0.2) is 24.4 Å². The number of nitrogens with one attached hydrogen (secondary N) is 3. The van der Waals surface area contributed by atoms with Crippen LogP contribution in [-0.4, -0.2) is 65.4 Å². The first kappa shape index (κ1) is 32.4. The molecular weight excluding hydrogens is 604 g/mol. The van der Waals surface area contributed by atoms with Gasteiger partial charge in [0, 0.05) is 35.4 Å². The van der Waals surface area contributed by atoms with Crippen molar-refractivity contribution in [1.82, 2.24) is 25.2 Å². The van der Waals surface area contributed by atoms with E-state index in [2.05, 4.69) is 25.3 Å². The van der Waals surface area contributed by atoms with E-state index >= 15 is 0 Å². The van der Waals surface area contributed by atoms with Crippen molar-refractivity contribution < 1.29 is 33.3 Å². The highest BCUT2D eigenvalue weighted by Gasteiger charge is 2.20. The Morgan fingerprint density at radius 3 is 2.47 bits per heavy atom. The summed E-state index contributed by atoms with van der Waals surface area (Å²) in [6.45, 7) is 4.23. The number of benzene rings is 3. The fraction of sp³-hybridized carbons (Fsp3) is 0.235. The second-order valence-electron chi connectivity index (χ2n) is 10.9. The molecule has 3 N–H and O–H groups in total. The molecule has 0 bridgehead atoms. The summed E-state index contributed by atoms with van der Waals surface area (Å²) in [4.78, 5) is 45.5. The molecule has 0 atom stereocenters. The van der Waals surface area contributed by atoms with Gasteiger partial charge in [-0.2, -0.15) is 0 Å². The van der Waals surface area contributed by atoms with Crippen LogP contribution in [0.1, 0.15) is 35.5 Å². The molecule has 2 heterocycles. The highest BCUT2D eigenvalue weighted by atomic mass is 16.6. The van der Waals surface area contributed by atoms with E-state index in [0.29, 0.717) is 22.2 Å². The number of amides is 2. The number of hydrogen-bond donors (Lipinski definition) is 3. The molecule has 0 spiro atoms. The SMILES string of the molecule is COC(=O)NCCOC(=O)c1cc2ccc(C(=N)NC(=O)OCC(C)C)cc2n1Cc1cc(Oc2ncccn2)cc2ccccc12. The molecule has 0 radical (unpaired) electrons. The van der Waals surface area contributed by atoms with Crippen LogP contribution in [0.3, 0.4) is 0 Å². The number of rotatable bonds is 11. The van der Waals surface area contributed by atoms with Gasteiger partial charge in [-0.05, 0) is 52.6 Å². The number of alkyl carbamates (subject to hydrolysis) is 2. The molecule has 242 valence electrons. The number of carbonyl (C=O) groups excluding carboxylic acids is 3. The number of esters is 1. The molecule has 5 aromatic rings. The Labute approximate surface area is 270 Å². The summed E-state index contributed by atoms with van der Waals surface area (Å²) in [6.07, 6.45) is 1.81. The summed E-state index contributed by atoms with van der Waals surface area (Å²) in [5, 5.41) is 16.0. The van der Waals surface area contributed by atoms with E-state index in [1.54, 1.807) is 47.3 Å². The molecule has 47 heavy (non-hydrogen) atoms. The number of carbonyl (C=O) groups is 3. The van der Waals surface area contributed by atoms with Crippen molar-refractivity contribution in [3.63, 3.8) is 0 Å². The third-order valence-electron chi connectivity index (χ3n) is 6.97. The zero-order valence-electron chi connectivity index (χ0n) is 26.1. The largest absolute Gasteiger partial charge is 0.459 e. The minimum absolute atomic E-state index is 0.0596. The van der Waals surface area contributed by atoms with Crippen LogP contribution in [0, 0.1) is 11.3 Å². The van der Waals surface area contributed by atoms with Crippen LogP contribution < -0.4 is 15.4 Å². The van der Waals surface area contributed by atoms with Crippen molar-refractivity contribution in [1.29, 1.82) is 5.41 Å². The van der Waals surface area contributed by atoms with Crippen LogP contribution in [0.25, 0.3) is 21.7 Å². The summed E-state index contributed by atoms with van der Waals surface area (Å²) < 4.78 is 23.0. The van der Waals surface area contributed by atoms with Crippen molar-refractivity contribution in [2.75, 3.05) is 26.9 Å². The van der Waals surface area contributed by atoms with Crippen LogP contribution in [0.5, 0.6) is 11.8 Å². The van der Waals surface area contributed by atoms with E-state index in [4.69, 9.17) is 19.6 Å². The van der Waals surface area contributed by atoms with Crippen LogP contribution in [0.4, 0.5) is 9.59 Å². The van der Waals surface area contributed by atoms with Gasteiger partial charge in [-0.3, -0.25) is 10.7 Å². The first-order valence-electron chi connectivity index (χ1n) is 14.8. The topological polar surface area (TPSA) is 167 Å². The summed E-state index contributed by atoms with van der Waals surface area (Å²) in [5.41, 5.74) is 2.09. The van der Waals surface area contributed by atoms with Crippen molar-refractivity contribution in [2.45, 2.75) is 20.4 Å². The van der Waals surface area contributed by atoms with Gasteiger partial charge < -0.3 is 28.8 Å². The van der Waals surface area contributed by atoms with Crippen LogP contribution in [0.15, 0.2) is 79.1 Å². The molecular formula is C34H34N6O7. The van der Waals surface area contributed by atoms with E-state index in [9.17, 15) is 14.4 Å². The molecule has 5 rings (SSSR count). The summed E-state index contributed by atoms with van der Waals surface area (Å²) in [6, 6.07) is 20.3. The maximum absolute atomic E-state index is 13.5. The lowest BCUT2D eigenvalue weighted by molar-refractivity contribution is 0.0495. The van der Waals surface area contributed by atoms with Crippen molar-refractivity contribution in [2.24, 2.45) is 5.92 Å². The molecule has 2 aromatic heterocycles. The van der Waals surface area contributed by atoms with E-state index in [1.807, 2.05) is 50.2 Å². The smallest absolute Gasteiger partial charge is 0.412 e. The highest BCUT2D eigenvalue weighted by molar-refractivity contribution is 6.07. The Morgan fingerprint density at radius 2 is 1.70 bits per heavy atom. The van der Waals surface area contributed by atoms with Crippen LogP contribution >= 0.6 is 0 Å². The lowest BCUT2D eigenvalue weighted by Crippen LogP contribution is -2.31. The molecule has 3 aromatic carbocycles. The monoisotopic (exact) mass is 638 g/mol. The zero-order chi connectivity index (χ0) is 33.3. The van der Waals surface area contributed by atoms with Gasteiger partial charge >= 0.3 is 24.2 Å². The molecule has 0 aliphatic rings. The van der Waals surface area contributed by atoms with Gasteiger partial charge in [0.1, 0.15) is 23.9 Å². The zero-order valence-corrected chi connectivity index (χ0v) is 26.1. The Hall–Kier alpha value is -5.98. The van der Waals surface area contributed by atoms with Crippen molar-refractivity contribution in [3.8, 4) is 11.8 Å². The third kappa shape index (κ3) is 8.19. The molecule has 0 unspecified atom stereocenters. The average Bonchev–Trinajstić information content (AvgIpc) is 3.43. The van der Waals surface area contributed by atoms with Crippen molar-refractivity contribution in [3.05, 3.63) is 95.9 Å². The number of fused-ring (bicyclic) bond motifs is 2. The first-order valence-corrected chi connectivity index (χ1v) is 14.8. The number of methoxy groups -OCH3 is 1. The van der Waals surface area contributed by atoms with E-state index in [-0.39, 0.29) is 49.8 Å². The number of amidine groups is 1. The number of nitrogens with zero attached hydrogens (tertiary/aromatic N) is 3. The van der Waals surface area contributed by atoms with Gasteiger partial charge in [-0.15, -0.1) is 0 Å². The minimum atomic E-state index is -0.727. The highest BCUT2D eigenvalue weighted by Crippen LogP contribution is 2.31. The van der Waals surface area contributed by atoms with Gasteiger partial charge in [0.25, 0.3) is 0 Å². The molecule has 0 saturated heterocycles. The lowest BCUT2D eigenvalue weighted by Gasteiger charge is -2.15. The average molecular weight is 639 g/mol. The maximum Gasteiger partial charge on any atom is 0.412 e. The first-order chi connectivity index (χ1) is 22.7. The van der Waals surface area contributed by atoms with E-state index in [1.165, 1.54) is 7.11 Å². The van der Waals surface area contributed by atoms with Crippen molar-refractivity contribution >= 4 is 45.7 Å². The van der Waals surface area contributed by atoms with E-state index < -0.39 is 18.2 Å². The van der Waals surface area contributed by atoms with Crippen LogP contribution in [0.2, 0.25) is 0 Å². The van der Waals surface area contributed by atoms with E-state index in [0.717, 1.165) is 16.3 Å². The normalized spacial score (nSPS) is 10.9. The fourth-order valence-electron chi connectivity index (χ4n) is 4.81. The van der Waals surface area contributed by atoms with Crippen LogP contribution in [-0.2, 0) is 20.8 Å². The summed E-state index contributed by atoms with van der Waals surface area (Å²) in [7, 11) is 1.24. The molecule has 0 saturated carbocycles. The minimum Gasteiger partial charge on any atom is -0.459 e. The molecule has 2 amide bonds. The quantitative estimate of drug-likeness (QED) is 0.0545. The lowest BCUT2D eigenvalue weighted by atomic mass is 10.0. The summed E-state index contributed by atoms with van der Waals surface area (Å²) in [5.74, 6) is -0.125. The number of aromatic nitrogens is 3. The Balaban J connectivity index is 1.52. The standard InChI is InChI=1S/C34H34N6O7/c1-21(2)20-46-34(43)39-30(35)24-10-9-23-17-29(31(41)45-14-13-38-33(42)44-3)40(28(23)18-24)19-25-16-26(47-32-36-11-6-12-37-32)15-22-7-4-5-8-27(22)25/h4-12,15-18,21H,13-14,19-20H2,1-3H3,(H,38,42)(H2,35,39,43). The second-order valence-corrected chi connectivity index (χ2v) is 10.9. The Morgan fingerprint density at radius 1 is 0.915 bits per heavy atom. The Kier molecular flexibility index (Phi) is 10.3. The molecule has 13 heteroatoms. The second kappa shape index (κ2) is 14.9. The molecule has 0 fully saturated rings.